The summed E-state index contributed by atoms with van der Waals surface area (Å²) in [6, 6.07) is 12.9. The molecule has 140 valence electrons. The van der Waals surface area contributed by atoms with Gasteiger partial charge in [0.1, 0.15) is 5.75 Å². The van der Waals surface area contributed by atoms with Crippen molar-refractivity contribution in [3.05, 3.63) is 59.7 Å². The van der Waals surface area contributed by atoms with Crippen molar-refractivity contribution < 1.29 is 27.4 Å². The van der Waals surface area contributed by atoms with Crippen LogP contribution in [0.3, 0.4) is 0 Å². The molecular formula is C18H19F3N2O3. The molecule has 0 aliphatic heterocycles. The molecule has 0 aliphatic carbocycles. The molecule has 0 aromatic heterocycles. The van der Waals surface area contributed by atoms with E-state index in [-0.39, 0.29) is 12.3 Å². The Balaban J connectivity index is 1.89. The molecule has 0 saturated heterocycles. The minimum absolute atomic E-state index is 0.0903. The molecular weight excluding hydrogens is 349 g/mol. The molecule has 0 bridgehead atoms. The lowest BCUT2D eigenvalue weighted by atomic mass is 10.2. The van der Waals surface area contributed by atoms with Gasteiger partial charge in [-0.1, -0.05) is 30.3 Å². The molecule has 0 radical (unpaired) electrons. The van der Waals surface area contributed by atoms with Gasteiger partial charge < -0.3 is 20.1 Å². The predicted octanol–water partition coefficient (Wildman–Crippen LogP) is 4.10. The first-order valence-electron chi connectivity index (χ1n) is 7.77. The van der Waals surface area contributed by atoms with Gasteiger partial charge in [-0.25, -0.2) is 4.79 Å². The highest BCUT2D eigenvalue weighted by Crippen LogP contribution is 2.19. The number of hydrogen-bond donors (Lipinski definition) is 2. The maximum Gasteiger partial charge on any atom is 0.422 e. The van der Waals surface area contributed by atoms with E-state index in [0.717, 1.165) is 5.56 Å². The van der Waals surface area contributed by atoms with Gasteiger partial charge in [0.2, 0.25) is 0 Å². The Kier molecular flexibility index (Phi) is 6.85. The molecule has 5 nitrogen and oxygen atoms in total. The fourth-order valence-electron chi connectivity index (χ4n) is 2.18. The molecule has 0 aliphatic rings. The third-order valence-corrected chi connectivity index (χ3v) is 3.32. The number of carbonyl (C=O) groups is 1. The smallest absolute Gasteiger partial charge is 0.422 e. The van der Waals surface area contributed by atoms with E-state index in [0.29, 0.717) is 17.9 Å². The van der Waals surface area contributed by atoms with E-state index in [1.54, 1.807) is 31.4 Å². The molecule has 26 heavy (non-hydrogen) atoms. The zero-order valence-corrected chi connectivity index (χ0v) is 14.1. The van der Waals surface area contributed by atoms with Crippen molar-refractivity contribution in [1.82, 2.24) is 5.32 Å². The number of rotatable bonds is 7. The van der Waals surface area contributed by atoms with Crippen LogP contribution in [-0.4, -0.2) is 25.9 Å². The third-order valence-electron chi connectivity index (χ3n) is 3.32. The van der Waals surface area contributed by atoms with Gasteiger partial charge in [-0.3, -0.25) is 0 Å². The summed E-state index contributed by atoms with van der Waals surface area (Å²) in [5.74, 6) is 0.0903. The molecule has 2 rings (SSSR count). The summed E-state index contributed by atoms with van der Waals surface area (Å²) < 4.78 is 46.3. The fraction of sp³-hybridized carbons (Fsp3) is 0.278. The van der Waals surface area contributed by atoms with Crippen molar-refractivity contribution in [2.24, 2.45) is 0 Å². The quantitative estimate of drug-likeness (QED) is 0.774. The number of para-hydroxylation sites is 1. The Hall–Kier alpha value is -2.74. The summed E-state index contributed by atoms with van der Waals surface area (Å²) in [7, 11) is 1.56. The van der Waals surface area contributed by atoms with E-state index < -0.39 is 18.8 Å². The first-order valence-corrected chi connectivity index (χ1v) is 7.77. The van der Waals surface area contributed by atoms with Crippen molar-refractivity contribution in [2.45, 2.75) is 19.3 Å². The van der Waals surface area contributed by atoms with E-state index in [1.165, 1.54) is 12.1 Å². The van der Waals surface area contributed by atoms with Gasteiger partial charge in [0.15, 0.2) is 6.61 Å². The molecule has 2 amide bonds. The first-order chi connectivity index (χ1) is 12.4. The van der Waals surface area contributed by atoms with Gasteiger partial charge in [0, 0.05) is 24.9 Å². The number of benzene rings is 2. The predicted molar refractivity (Wildman–Crippen MR) is 91.0 cm³/mol. The van der Waals surface area contributed by atoms with Crippen LogP contribution in [0.4, 0.5) is 23.7 Å². The first kappa shape index (κ1) is 19.6. The molecule has 2 aromatic rings. The van der Waals surface area contributed by atoms with Crippen LogP contribution >= 0.6 is 0 Å². The standard InChI is InChI=1S/C18H19F3N2O3/c1-25-11-14-6-2-3-8-16(14)23-17(24)22-10-13-5-4-7-15(9-13)26-12-18(19,20)21/h2-9H,10-12H2,1H3,(H2,22,23,24). The lowest BCUT2D eigenvalue weighted by Crippen LogP contribution is -2.28. The number of carbonyl (C=O) groups excluding carboxylic acids is 1. The largest absolute Gasteiger partial charge is 0.484 e. The lowest BCUT2D eigenvalue weighted by Gasteiger charge is -2.12. The van der Waals surface area contributed by atoms with Crippen LogP contribution in [0, 0.1) is 0 Å². The highest BCUT2D eigenvalue weighted by atomic mass is 19.4. The van der Waals surface area contributed by atoms with Gasteiger partial charge in [0.05, 0.1) is 6.61 Å². The molecule has 0 spiro atoms. The highest BCUT2D eigenvalue weighted by Gasteiger charge is 2.28. The van der Waals surface area contributed by atoms with E-state index in [2.05, 4.69) is 15.4 Å². The molecule has 0 unspecified atom stereocenters. The van der Waals surface area contributed by atoms with E-state index in [1.807, 2.05) is 12.1 Å². The fourth-order valence-corrected chi connectivity index (χ4v) is 2.18. The Morgan fingerprint density at radius 1 is 1.12 bits per heavy atom. The molecule has 0 heterocycles. The zero-order chi connectivity index (χ0) is 19.0. The number of hydrogen-bond acceptors (Lipinski definition) is 3. The lowest BCUT2D eigenvalue weighted by molar-refractivity contribution is -0.153. The normalized spacial score (nSPS) is 11.1. The molecule has 2 aromatic carbocycles. The van der Waals surface area contributed by atoms with Crippen LogP contribution in [0.1, 0.15) is 11.1 Å². The number of ether oxygens (including phenoxy) is 2. The van der Waals surface area contributed by atoms with Crippen LogP contribution < -0.4 is 15.4 Å². The number of methoxy groups -OCH3 is 1. The monoisotopic (exact) mass is 368 g/mol. The Bertz CT molecular complexity index is 736. The van der Waals surface area contributed by atoms with Crippen molar-refractivity contribution in [1.29, 1.82) is 0 Å². The van der Waals surface area contributed by atoms with Crippen LogP contribution in [0.5, 0.6) is 5.75 Å². The summed E-state index contributed by atoms with van der Waals surface area (Å²) in [4.78, 5) is 12.0. The van der Waals surface area contributed by atoms with Crippen molar-refractivity contribution in [2.75, 3.05) is 19.0 Å². The second kappa shape index (κ2) is 9.10. The van der Waals surface area contributed by atoms with Gasteiger partial charge in [-0.05, 0) is 23.8 Å². The number of urea groups is 1. The van der Waals surface area contributed by atoms with Crippen LogP contribution in [0.2, 0.25) is 0 Å². The SMILES string of the molecule is COCc1ccccc1NC(=O)NCc1cccc(OCC(F)(F)F)c1. The average Bonchev–Trinajstić information content (AvgIpc) is 2.60. The molecule has 0 saturated carbocycles. The Labute approximate surface area is 149 Å². The summed E-state index contributed by atoms with van der Waals surface area (Å²) in [6.45, 7) is -0.864. The minimum atomic E-state index is -4.40. The van der Waals surface area contributed by atoms with Gasteiger partial charge in [0.25, 0.3) is 0 Å². The topological polar surface area (TPSA) is 59.6 Å². The number of nitrogens with one attached hydrogen (secondary N) is 2. The van der Waals surface area contributed by atoms with E-state index in [9.17, 15) is 18.0 Å². The van der Waals surface area contributed by atoms with Crippen molar-refractivity contribution >= 4 is 11.7 Å². The van der Waals surface area contributed by atoms with Gasteiger partial charge >= 0.3 is 12.2 Å². The number of anilines is 1. The van der Waals surface area contributed by atoms with Crippen molar-refractivity contribution in [3.8, 4) is 5.75 Å². The van der Waals surface area contributed by atoms with E-state index in [4.69, 9.17) is 4.74 Å². The minimum Gasteiger partial charge on any atom is -0.484 e. The van der Waals surface area contributed by atoms with Crippen LogP contribution in [0.25, 0.3) is 0 Å². The maximum atomic E-state index is 12.2. The third kappa shape index (κ3) is 6.64. The molecule has 8 heteroatoms. The summed E-state index contributed by atoms with van der Waals surface area (Å²) >= 11 is 0. The Morgan fingerprint density at radius 3 is 2.62 bits per heavy atom. The van der Waals surface area contributed by atoms with Crippen LogP contribution in [0.15, 0.2) is 48.5 Å². The average molecular weight is 368 g/mol. The molecule has 0 atom stereocenters. The van der Waals surface area contributed by atoms with E-state index >= 15 is 0 Å². The summed E-state index contributed by atoms with van der Waals surface area (Å²) in [5, 5.41) is 5.36. The summed E-state index contributed by atoms with van der Waals surface area (Å²) in [5.41, 5.74) is 2.06. The maximum absolute atomic E-state index is 12.2. The Morgan fingerprint density at radius 2 is 1.88 bits per heavy atom. The number of halogens is 3. The zero-order valence-electron chi connectivity index (χ0n) is 14.1. The van der Waals surface area contributed by atoms with Gasteiger partial charge in [-0.2, -0.15) is 13.2 Å². The van der Waals surface area contributed by atoms with Gasteiger partial charge in [-0.15, -0.1) is 0 Å². The summed E-state index contributed by atoms with van der Waals surface area (Å²) in [6.07, 6.45) is -4.40. The van der Waals surface area contributed by atoms with Crippen molar-refractivity contribution in [3.63, 3.8) is 0 Å². The molecule has 2 N–H and O–H groups in total. The molecule has 0 fully saturated rings. The number of amides is 2. The highest BCUT2D eigenvalue weighted by molar-refractivity contribution is 5.90. The second-order valence-corrected chi connectivity index (χ2v) is 5.45. The number of alkyl halides is 3. The van der Waals surface area contributed by atoms with Crippen LogP contribution in [-0.2, 0) is 17.9 Å². The second-order valence-electron chi connectivity index (χ2n) is 5.45.